The lowest BCUT2D eigenvalue weighted by Gasteiger charge is -2.30. The van der Waals surface area contributed by atoms with E-state index in [-0.39, 0.29) is 0 Å². The molecule has 2 heteroatoms. The summed E-state index contributed by atoms with van der Waals surface area (Å²) in [6, 6.07) is 30.8. The van der Waals surface area contributed by atoms with E-state index in [4.69, 9.17) is 0 Å². The molecule has 0 heterocycles. The smallest absolute Gasteiger partial charge is 0.142 e. The van der Waals surface area contributed by atoms with Crippen molar-refractivity contribution < 1.29 is 5.11 Å². The van der Waals surface area contributed by atoms with Crippen LogP contribution in [0.4, 0.5) is 0 Å². The molecule has 0 aromatic heterocycles. The molecule has 0 fully saturated rings. The van der Waals surface area contributed by atoms with Crippen LogP contribution in [0, 0.1) is 6.92 Å². The minimum Gasteiger partial charge on any atom is -0.376 e. The number of benzene rings is 4. The Morgan fingerprint density at radius 3 is 2.07 bits per heavy atom. The van der Waals surface area contributed by atoms with Gasteiger partial charge in [-0.25, -0.2) is 0 Å². The molecular weight excluding hydrogens is 408 g/mol. The summed E-state index contributed by atoms with van der Waals surface area (Å²) in [4.78, 5) is 0. The van der Waals surface area contributed by atoms with Gasteiger partial charge in [-0.05, 0) is 40.8 Å². The molecule has 1 unspecified atom stereocenters. The SMILES string of the molecule is Cc1ccccc1C1(O)c2ccccc2-c2ccc(Br)c(-c3ccccc3)c21. The van der Waals surface area contributed by atoms with Crippen LogP contribution < -0.4 is 0 Å². The van der Waals surface area contributed by atoms with Crippen LogP contribution in [0.5, 0.6) is 0 Å². The number of rotatable bonds is 2. The van der Waals surface area contributed by atoms with Gasteiger partial charge >= 0.3 is 0 Å². The van der Waals surface area contributed by atoms with Crippen molar-refractivity contribution in [3.63, 3.8) is 0 Å². The van der Waals surface area contributed by atoms with E-state index in [1.54, 1.807) is 0 Å². The summed E-state index contributed by atoms with van der Waals surface area (Å²) in [5.74, 6) is 0. The molecule has 0 bridgehead atoms. The molecule has 0 saturated carbocycles. The zero-order valence-electron chi connectivity index (χ0n) is 15.5. The zero-order valence-corrected chi connectivity index (χ0v) is 17.1. The second kappa shape index (κ2) is 6.44. The van der Waals surface area contributed by atoms with Crippen molar-refractivity contribution in [1.82, 2.24) is 0 Å². The lowest BCUT2D eigenvalue weighted by molar-refractivity contribution is 0.130. The second-order valence-corrected chi connectivity index (χ2v) is 8.14. The molecule has 0 saturated heterocycles. The van der Waals surface area contributed by atoms with Gasteiger partial charge < -0.3 is 5.11 Å². The van der Waals surface area contributed by atoms with Crippen LogP contribution in [0.2, 0.25) is 0 Å². The fourth-order valence-corrected chi connectivity index (χ4v) is 5.05. The minimum absolute atomic E-state index is 0.927. The zero-order chi connectivity index (χ0) is 19.3. The lowest BCUT2D eigenvalue weighted by Crippen LogP contribution is -2.28. The highest BCUT2D eigenvalue weighted by atomic mass is 79.9. The van der Waals surface area contributed by atoms with Gasteiger partial charge in [0.25, 0.3) is 0 Å². The number of aryl methyl sites for hydroxylation is 1. The molecule has 0 spiro atoms. The van der Waals surface area contributed by atoms with Crippen LogP contribution in [0.3, 0.4) is 0 Å². The Kier molecular flexibility index (Phi) is 4.01. The summed E-state index contributed by atoms with van der Waals surface area (Å²) in [5.41, 5.74) is 7.00. The standard InChI is InChI=1S/C26H19BrO/c1-17-9-5-7-13-21(17)26(28)22-14-8-6-12-19(22)20-15-16-23(27)24(25(20)26)18-10-3-2-4-11-18/h2-16,28H,1H3. The first-order valence-corrected chi connectivity index (χ1v) is 10.2. The molecule has 4 aromatic carbocycles. The first kappa shape index (κ1) is 17.4. The van der Waals surface area contributed by atoms with Gasteiger partial charge in [0.2, 0.25) is 0 Å². The molecule has 5 rings (SSSR count). The average Bonchev–Trinajstić information content (AvgIpc) is 2.99. The van der Waals surface area contributed by atoms with E-state index in [2.05, 4.69) is 59.3 Å². The third kappa shape index (κ3) is 2.35. The van der Waals surface area contributed by atoms with Crippen molar-refractivity contribution in [1.29, 1.82) is 0 Å². The predicted molar refractivity (Wildman–Crippen MR) is 118 cm³/mol. The average molecular weight is 427 g/mol. The molecule has 0 radical (unpaired) electrons. The Balaban J connectivity index is 1.95. The molecule has 1 aliphatic rings. The van der Waals surface area contributed by atoms with Gasteiger partial charge in [-0.2, -0.15) is 0 Å². The fourth-order valence-electron chi connectivity index (χ4n) is 4.49. The second-order valence-electron chi connectivity index (χ2n) is 7.28. The number of hydrogen-bond donors (Lipinski definition) is 1. The molecular formula is C26H19BrO. The first-order valence-electron chi connectivity index (χ1n) is 9.39. The monoisotopic (exact) mass is 426 g/mol. The molecule has 0 aliphatic heterocycles. The molecule has 1 nitrogen and oxygen atoms in total. The van der Waals surface area contributed by atoms with Crippen LogP contribution in [0.15, 0.2) is 95.5 Å². The maximum Gasteiger partial charge on any atom is 0.142 e. The van der Waals surface area contributed by atoms with Gasteiger partial charge in [0, 0.05) is 21.2 Å². The van der Waals surface area contributed by atoms with Gasteiger partial charge in [0.1, 0.15) is 5.60 Å². The molecule has 28 heavy (non-hydrogen) atoms. The van der Waals surface area contributed by atoms with E-state index in [1.165, 1.54) is 0 Å². The Morgan fingerprint density at radius 1 is 0.679 bits per heavy atom. The van der Waals surface area contributed by atoms with Crippen LogP contribution >= 0.6 is 15.9 Å². The maximum atomic E-state index is 12.4. The van der Waals surface area contributed by atoms with Gasteiger partial charge in [-0.15, -0.1) is 0 Å². The fraction of sp³-hybridized carbons (Fsp3) is 0.0769. The molecule has 4 aromatic rings. The van der Waals surface area contributed by atoms with Crippen molar-refractivity contribution in [3.8, 4) is 22.3 Å². The van der Waals surface area contributed by atoms with E-state index >= 15 is 0 Å². The van der Waals surface area contributed by atoms with Crippen LogP contribution in [-0.2, 0) is 5.60 Å². The van der Waals surface area contributed by atoms with Crippen LogP contribution in [-0.4, -0.2) is 5.11 Å². The van der Waals surface area contributed by atoms with Gasteiger partial charge in [0.15, 0.2) is 0 Å². The van der Waals surface area contributed by atoms with E-state index in [0.717, 1.165) is 49.0 Å². The van der Waals surface area contributed by atoms with Crippen molar-refractivity contribution in [3.05, 3.63) is 118 Å². The predicted octanol–water partition coefficient (Wildman–Crippen LogP) is 6.69. The summed E-state index contributed by atoms with van der Waals surface area (Å²) < 4.78 is 0.984. The third-order valence-corrected chi connectivity index (χ3v) is 6.38. The topological polar surface area (TPSA) is 20.2 Å². The third-order valence-electron chi connectivity index (χ3n) is 5.72. The molecule has 1 atom stereocenters. The molecule has 1 aliphatic carbocycles. The quantitative estimate of drug-likeness (QED) is 0.378. The number of aliphatic hydroxyl groups is 1. The highest BCUT2D eigenvalue weighted by Gasteiger charge is 2.45. The molecule has 0 amide bonds. The summed E-state index contributed by atoms with van der Waals surface area (Å²) in [6.45, 7) is 2.06. The van der Waals surface area contributed by atoms with Crippen molar-refractivity contribution in [2.75, 3.05) is 0 Å². The number of fused-ring (bicyclic) bond motifs is 3. The Labute approximate surface area is 173 Å². The first-order chi connectivity index (χ1) is 13.6. The molecule has 1 N–H and O–H groups in total. The lowest BCUT2D eigenvalue weighted by atomic mass is 9.79. The van der Waals surface area contributed by atoms with Crippen molar-refractivity contribution >= 4 is 15.9 Å². The van der Waals surface area contributed by atoms with E-state index in [9.17, 15) is 5.11 Å². The summed E-state index contributed by atoms with van der Waals surface area (Å²) in [7, 11) is 0. The van der Waals surface area contributed by atoms with Crippen molar-refractivity contribution in [2.45, 2.75) is 12.5 Å². The largest absolute Gasteiger partial charge is 0.376 e. The van der Waals surface area contributed by atoms with E-state index < -0.39 is 5.60 Å². The molecule has 136 valence electrons. The Morgan fingerprint density at radius 2 is 1.32 bits per heavy atom. The van der Waals surface area contributed by atoms with Crippen LogP contribution in [0.1, 0.15) is 22.3 Å². The Bertz CT molecular complexity index is 1200. The minimum atomic E-state index is -1.20. The van der Waals surface area contributed by atoms with Gasteiger partial charge in [-0.3, -0.25) is 0 Å². The van der Waals surface area contributed by atoms with E-state index in [1.807, 2.05) is 54.6 Å². The van der Waals surface area contributed by atoms with Crippen LogP contribution in [0.25, 0.3) is 22.3 Å². The summed E-state index contributed by atoms with van der Waals surface area (Å²) >= 11 is 3.76. The Hall–Kier alpha value is -2.68. The van der Waals surface area contributed by atoms with Crippen molar-refractivity contribution in [2.24, 2.45) is 0 Å². The highest BCUT2D eigenvalue weighted by Crippen LogP contribution is 2.55. The van der Waals surface area contributed by atoms with E-state index in [0.29, 0.717) is 0 Å². The van der Waals surface area contributed by atoms with Gasteiger partial charge in [0.05, 0.1) is 0 Å². The number of hydrogen-bond acceptors (Lipinski definition) is 1. The number of halogens is 1. The summed E-state index contributed by atoms with van der Waals surface area (Å²) in [5, 5.41) is 12.4. The summed E-state index contributed by atoms with van der Waals surface area (Å²) in [6.07, 6.45) is 0. The normalized spacial score (nSPS) is 17.2. The van der Waals surface area contributed by atoms with Gasteiger partial charge in [-0.1, -0.05) is 101 Å². The maximum absolute atomic E-state index is 12.4. The highest BCUT2D eigenvalue weighted by molar-refractivity contribution is 9.10.